The van der Waals surface area contributed by atoms with E-state index < -0.39 is 16.4 Å². The molecule has 0 fully saturated rings. The molecule has 0 saturated heterocycles. The van der Waals surface area contributed by atoms with Gasteiger partial charge in [0, 0.05) is 30.1 Å². The van der Waals surface area contributed by atoms with Crippen LogP contribution in [-0.4, -0.2) is 20.0 Å². The Morgan fingerprint density at radius 3 is 2.63 bits per heavy atom. The summed E-state index contributed by atoms with van der Waals surface area (Å²) in [5.74, 6) is -0.964. The van der Waals surface area contributed by atoms with Crippen molar-refractivity contribution in [2.75, 3.05) is 0 Å². The molecule has 1 N–H and O–H groups in total. The van der Waals surface area contributed by atoms with Crippen molar-refractivity contribution >= 4 is 5.69 Å². The number of nitro groups is 1. The van der Waals surface area contributed by atoms with Gasteiger partial charge in [-0.1, -0.05) is 0 Å². The number of halogens is 1. The van der Waals surface area contributed by atoms with Crippen LogP contribution >= 0.6 is 0 Å². The van der Waals surface area contributed by atoms with Crippen LogP contribution < -0.4 is 4.74 Å². The Kier molecular flexibility index (Phi) is 3.62. The molecule has 0 radical (unpaired) electrons. The van der Waals surface area contributed by atoms with Crippen molar-refractivity contribution in [1.82, 2.24) is 9.97 Å². The third kappa shape index (κ3) is 2.99. The predicted molar refractivity (Wildman–Crippen MR) is 61.1 cm³/mol. The molecule has 2 aromatic rings. The van der Waals surface area contributed by atoms with Crippen LogP contribution in [0.2, 0.25) is 0 Å². The molecule has 7 nitrogen and oxygen atoms in total. The summed E-state index contributed by atoms with van der Waals surface area (Å²) in [6.07, 6.45) is 2.60. The van der Waals surface area contributed by atoms with E-state index in [4.69, 9.17) is 9.84 Å². The molecule has 0 atom stereocenters. The van der Waals surface area contributed by atoms with E-state index in [0.29, 0.717) is 5.56 Å². The number of ether oxygens (including phenoxy) is 1. The Bertz CT molecular complexity index is 603. The molecule has 1 aromatic carbocycles. The lowest BCUT2D eigenvalue weighted by Crippen LogP contribution is -1.98. The molecule has 19 heavy (non-hydrogen) atoms. The van der Waals surface area contributed by atoms with Crippen molar-refractivity contribution < 1.29 is 19.2 Å². The Labute approximate surface area is 106 Å². The summed E-state index contributed by atoms with van der Waals surface area (Å²) in [7, 11) is 0. The summed E-state index contributed by atoms with van der Waals surface area (Å²) in [5, 5.41) is 19.6. The van der Waals surface area contributed by atoms with Crippen molar-refractivity contribution in [3.63, 3.8) is 0 Å². The van der Waals surface area contributed by atoms with E-state index >= 15 is 0 Å². The number of rotatable bonds is 4. The molecule has 0 unspecified atom stereocenters. The second-order valence-electron chi connectivity index (χ2n) is 3.50. The number of aromatic nitrogens is 2. The third-order valence-corrected chi connectivity index (χ3v) is 2.18. The zero-order valence-electron chi connectivity index (χ0n) is 9.49. The molecule has 2 rings (SSSR count). The first-order valence-corrected chi connectivity index (χ1v) is 5.13. The lowest BCUT2D eigenvalue weighted by molar-refractivity contribution is -0.385. The van der Waals surface area contributed by atoms with Gasteiger partial charge in [0.25, 0.3) is 0 Å². The topological polar surface area (TPSA) is 98.4 Å². The molecular weight excluding hydrogens is 257 g/mol. The van der Waals surface area contributed by atoms with E-state index in [1.165, 1.54) is 12.4 Å². The molecule has 8 heteroatoms. The van der Waals surface area contributed by atoms with E-state index in [-0.39, 0.29) is 18.4 Å². The predicted octanol–water partition coefficient (Wildman–Crippen LogP) is 1.81. The highest BCUT2D eigenvalue weighted by Gasteiger charge is 2.17. The molecule has 0 aliphatic heterocycles. The monoisotopic (exact) mass is 265 g/mol. The zero-order valence-corrected chi connectivity index (χ0v) is 9.49. The first kappa shape index (κ1) is 12.8. The molecule has 0 aliphatic rings. The van der Waals surface area contributed by atoms with E-state index in [0.717, 1.165) is 18.2 Å². The van der Waals surface area contributed by atoms with Crippen molar-refractivity contribution in [2.45, 2.75) is 6.61 Å². The summed E-state index contributed by atoms with van der Waals surface area (Å²) in [5.41, 5.74) is 0.0670. The lowest BCUT2D eigenvalue weighted by atomic mass is 10.3. The summed E-state index contributed by atoms with van der Waals surface area (Å²) in [4.78, 5) is 17.5. The highest BCUT2D eigenvalue weighted by Crippen LogP contribution is 2.30. The van der Waals surface area contributed by atoms with E-state index in [9.17, 15) is 14.5 Å². The lowest BCUT2D eigenvalue weighted by Gasteiger charge is -2.04. The Balaban J connectivity index is 2.31. The second-order valence-corrected chi connectivity index (χ2v) is 3.50. The zero-order chi connectivity index (χ0) is 13.8. The van der Waals surface area contributed by atoms with Gasteiger partial charge in [-0.25, -0.2) is 14.4 Å². The van der Waals surface area contributed by atoms with Gasteiger partial charge in [0.1, 0.15) is 5.82 Å². The molecule has 1 heterocycles. The van der Waals surface area contributed by atoms with Gasteiger partial charge in [0.05, 0.1) is 11.5 Å². The Morgan fingerprint density at radius 1 is 1.37 bits per heavy atom. The Morgan fingerprint density at radius 2 is 2.05 bits per heavy atom. The number of benzene rings is 1. The van der Waals surface area contributed by atoms with E-state index in [2.05, 4.69) is 9.97 Å². The highest BCUT2D eigenvalue weighted by molar-refractivity contribution is 5.47. The van der Waals surface area contributed by atoms with Crippen LogP contribution in [0, 0.1) is 15.9 Å². The third-order valence-electron chi connectivity index (χ3n) is 2.18. The van der Waals surface area contributed by atoms with Crippen LogP contribution in [0.15, 0.2) is 30.6 Å². The summed E-state index contributed by atoms with van der Waals surface area (Å²) < 4.78 is 18.1. The van der Waals surface area contributed by atoms with Crippen LogP contribution in [0.3, 0.4) is 0 Å². The Hall–Kier alpha value is -2.61. The molecule has 0 bridgehead atoms. The van der Waals surface area contributed by atoms with Gasteiger partial charge in [-0.3, -0.25) is 10.1 Å². The molecule has 0 amide bonds. The number of nitro benzene ring substituents is 1. The first-order chi connectivity index (χ1) is 9.10. The highest BCUT2D eigenvalue weighted by atomic mass is 19.1. The summed E-state index contributed by atoms with van der Waals surface area (Å²) in [6.45, 7) is -0.236. The maximum absolute atomic E-state index is 13.1. The van der Waals surface area contributed by atoms with E-state index in [1.807, 2.05) is 0 Å². The van der Waals surface area contributed by atoms with E-state index in [1.54, 1.807) is 0 Å². The number of aliphatic hydroxyl groups excluding tert-OH is 1. The fourth-order valence-corrected chi connectivity index (χ4v) is 1.30. The molecule has 0 aliphatic carbocycles. The van der Waals surface area contributed by atoms with Crippen LogP contribution in [-0.2, 0) is 6.61 Å². The average Bonchev–Trinajstić information content (AvgIpc) is 2.39. The number of aliphatic hydroxyl groups is 1. The standard InChI is InChI=1S/C11H8FN3O4/c12-8-1-2-9(15(17)18)10(3-8)19-11-13-4-7(6-16)5-14-11/h1-5,16H,6H2. The van der Waals surface area contributed by atoms with Gasteiger partial charge in [-0.05, 0) is 6.07 Å². The van der Waals surface area contributed by atoms with Crippen LogP contribution in [0.4, 0.5) is 10.1 Å². The van der Waals surface area contributed by atoms with Gasteiger partial charge in [-0.2, -0.15) is 0 Å². The molecular formula is C11H8FN3O4. The largest absolute Gasteiger partial charge is 0.417 e. The SMILES string of the molecule is O=[N+]([O-])c1ccc(F)cc1Oc1ncc(CO)cn1. The fraction of sp³-hybridized carbons (Fsp3) is 0.0909. The van der Waals surface area contributed by atoms with Crippen molar-refractivity contribution in [3.8, 4) is 11.8 Å². The number of hydrogen-bond acceptors (Lipinski definition) is 6. The molecule has 1 aromatic heterocycles. The van der Waals surface area contributed by atoms with Crippen LogP contribution in [0.5, 0.6) is 11.8 Å². The first-order valence-electron chi connectivity index (χ1n) is 5.13. The van der Waals surface area contributed by atoms with Crippen LogP contribution in [0.1, 0.15) is 5.56 Å². The quantitative estimate of drug-likeness (QED) is 0.668. The maximum Gasteiger partial charge on any atom is 0.322 e. The second kappa shape index (κ2) is 5.36. The van der Waals surface area contributed by atoms with Gasteiger partial charge in [0.15, 0.2) is 0 Å². The van der Waals surface area contributed by atoms with Gasteiger partial charge in [0.2, 0.25) is 5.75 Å². The average molecular weight is 265 g/mol. The fourth-order valence-electron chi connectivity index (χ4n) is 1.30. The number of nitrogens with zero attached hydrogens (tertiary/aromatic N) is 3. The maximum atomic E-state index is 13.1. The number of hydrogen-bond donors (Lipinski definition) is 1. The molecule has 0 saturated carbocycles. The minimum atomic E-state index is -0.698. The normalized spacial score (nSPS) is 10.2. The van der Waals surface area contributed by atoms with Crippen molar-refractivity contribution in [1.29, 1.82) is 0 Å². The van der Waals surface area contributed by atoms with Gasteiger partial charge < -0.3 is 9.84 Å². The van der Waals surface area contributed by atoms with Crippen molar-refractivity contribution in [3.05, 3.63) is 52.1 Å². The minimum absolute atomic E-state index is 0.175. The van der Waals surface area contributed by atoms with Crippen molar-refractivity contribution in [2.24, 2.45) is 0 Å². The summed E-state index contributed by atoms with van der Waals surface area (Å²) >= 11 is 0. The van der Waals surface area contributed by atoms with Gasteiger partial charge >= 0.3 is 11.7 Å². The minimum Gasteiger partial charge on any atom is -0.417 e. The summed E-state index contributed by atoms with van der Waals surface area (Å²) in [6, 6.07) is 2.65. The molecule has 0 spiro atoms. The van der Waals surface area contributed by atoms with Gasteiger partial charge in [-0.15, -0.1) is 0 Å². The smallest absolute Gasteiger partial charge is 0.322 e. The van der Waals surface area contributed by atoms with Crippen LogP contribution in [0.25, 0.3) is 0 Å². The molecule has 98 valence electrons.